The van der Waals surface area contributed by atoms with Crippen molar-refractivity contribution in [2.24, 2.45) is 0 Å². The number of halogens is 1. The lowest BCUT2D eigenvalue weighted by Gasteiger charge is -2.20. The highest BCUT2D eigenvalue weighted by molar-refractivity contribution is 7.89. The van der Waals surface area contributed by atoms with E-state index in [0.29, 0.717) is 10.6 Å². The summed E-state index contributed by atoms with van der Waals surface area (Å²) >= 11 is 5.79. The topological polar surface area (TPSA) is 66.4 Å². The van der Waals surface area contributed by atoms with E-state index in [1.54, 1.807) is 49.4 Å². The molecule has 0 unspecified atom stereocenters. The quantitative estimate of drug-likeness (QED) is 0.888. The Bertz CT molecular complexity index is 687. The molecule has 112 valence electrons. The summed E-state index contributed by atoms with van der Waals surface area (Å²) in [6, 6.07) is 14.0. The maximum Gasteiger partial charge on any atom is 0.240 e. The minimum atomic E-state index is -3.66. The third-order valence-corrected chi connectivity index (χ3v) is 4.91. The smallest absolute Gasteiger partial charge is 0.240 e. The maximum atomic E-state index is 12.2. The fourth-order valence-corrected chi connectivity index (χ4v) is 3.32. The molecule has 0 spiro atoms. The lowest BCUT2D eigenvalue weighted by molar-refractivity contribution is 0.146. The van der Waals surface area contributed by atoms with Crippen molar-refractivity contribution in [2.75, 3.05) is 0 Å². The molecule has 0 bridgehead atoms. The summed E-state index contributed by atoms with van der Waals surface area (Å²) in [4.78, 5) is 0.167. The maximum absolute atomic E-state index is 12.2. The van der Waals surface area contributed by atoms with Crippen molar-refractivity contribution in [1.82, 2.24) is 4.72 Å². The van der Waals surface area contributed by atoms with Crippen LogP contribution in [0.5, 0.6) is 0 Å². The van der Waals surface area contributed by atoms with E-state index >= 15 is 0 Å². The van der Waals surface area contributed by atoms with Crippen molar-refractivity contribution in [2.45, 2.75) is 24.0 Å². The molecule has 2 aromatic carbocycles. The van der Waals surface area contributed by atoms with Gasteiger partial charge in [-0.1, -0.05) is 41.9 Å². The van der Waals surface area contributed by atoms with E-state index in [2.05, 4.69) is 4.72 Å². The van der Waals surface area contributed by atoms with Gasteiger partial charge in [-0.25, -0.2) is 13.1 Å². The van der Waals surface area contributed by atoms with Gasteiger partial charge in [-0.05, 0) is 36.8 Å². The Morgan fingerprint density at radius 3 is 2.19 bits per heavy atom. The minimum absolute atomic E-state index is 0.167. The van der Waals surface area contributed by atoms with Crippen LogP contribution in [-0.4, -0.2) is 19.6 Å². The van der Waals surface area contributed by atoms with Gasteiger partial charge in [-0.2, -0.15) is 0 Å². The third-order valence-electron chi connectivity index (χ3n) is 3.08. The molecule has 0 aromatic heterocycles. The summed E-state index contributed by atoms with van der Waals surface area (Å²) in [5.74, 6) is 0. The van der Waals surface area contributed by atoms with E-state index in [0.717, 1.165) is 0 Å². The van der Waals surface area contributed by atoms with Gasteiger partial charge in [0, 0.05) is 11.1 Å². The van der Waals surface area contributed by atoms with E-state index in [1.165, 1.54) is 12.1 Å². The first-order valence-corrected chi connectivity index (χ1v) is 8.27. The molecule has 0 radical (unpaired) electrons. The lowest BCUT2D eigenvalue weighted by Crippen LogP contribution is -2.37. The zero-order valence-corrected chi connectivity index (χ0v) is 13.0. The molecular weight excluding hydrogens is 310 g/mol. The monoisotopic (exact) mass is 325 g/mol. The van der Waals surface area contributed by atoms with Crippen molar-refractivity contribution in [3.05, 3.63) is 65.2 Å². The van der Waals surface area contributed by atoms with Crippen LogP contribution in [0.1, 0.15) is 18.6 Å². The fraction of sp³-hybridized carbons (Fsp3) is 0.200. The van der Waals surface area contributed by atoms with Gasteiger partial charge in [0.2, 0.25) is 10.0 Å². The van der Waals surface area contributed by atoms with Gasteiger partial charge in [0.15, 0.2) is 0 Å². The molecule has 0 saturated heterocycles. The van der Waals surface area contributed by atoms with E-state index in [-0.39, 0.29) is 4.90 Å². The van der Waals surface area contributed by atoms with Gasteiger partial charge < -0.3 is 5.11 Å². The van der Waals surface area contributed by atoms with Crippen molar-refractivity contribution < 1.29 is 13.5 Å². The molecule has 6 heteroatoms. The zero-order chi connectivity index (χ0) is 15.5. The fourth-order valence-electron chi connectivity index (χ4n) is 1.93. The second-order valence-electron chi connectivity index (χ2n) is 4.72. The molecule has 0 aliphatic heterocycles. The second-order valence-corrected chi connectivity index (χ2v) is 6.87. The first-order chi connectivity index (χ1) is 9.90. The van der Waals surface area contributed by atoms with Gasteiger partial charge in [-0.3, -0.25) is 0 Å². The van der Waals surface area contributed by atoms with Crippen molar-refractivity contribution in [1.29, 1.82) is 0 Å². The first kappa shape index (κ1) is 16.0. The van der Waals surface area contributed by atoms with Crippen molar-refractivity contribution >= 4 is 21.6 Å². The summed E-state index contributed by atoms with van der Waals surface area (Å²) in [5.41, 5.74) is 0.600. The van der Waals surface area contributed by atoms with Crippen LogP contribution in [0.3, 0.4) is 0 Å². The SMILES string of the molecule is C[C@@H](NS(=O)(=O)c1ccccc1)[C@@H](O)c1ccc(Cl)cc1. The largest absolute Gasteiger partial charge is 0.387 e. The summed E-state index contributed by atoms with van der Waals surface area (Å²) in [7, 11) is -3.66. The Labute approximate surface area is 129 Å². The Balaban J connectivity index is 2.14. The Morgan fingerprint density at radius 1 is 1.05 bits per heavy atom. The molecule has 0 saturated carbocycles. The Kier molecular flexibility index (Phi) is 5.00. The molecule has 2 atom stereocenters. The van der Waals surface area contributed by atoms with Crippen LogP contribution in [0.15, 0.2) is 59.5 Å². The minimum Gasteiger partial charge on any atom is -0.387 e. The Hall–Kier alpha value is -1.40. The number of hydrogen-bond acceptors (Lipinski definition) is 3. The van der Waals surface area contributed by atoms with Crippen molar-refractivity contribution in [3.8, 4) is 0 Å². The average Bonchev–Trinajstić information content (AvgIpc) is 2.48. The number of nitrogens with one attached hydrogen (secondary N) is 1. The highest BCUT2D eigenvalue weighted by Crippen LogP contribution is 2.20. The molecular formula is C15H16ClNO3S. The van der Waals surface area contributed by atoms with Crippen molar-refractivity contribution in [3.63, 3.8) is 0 Å². The van der Waals surface area contributed by atoms with Gasteiger partial charge in [0.1, 0.15) is 0 Å². The zero-order valence-electron chi connectivity index (χ0n) is 11.4. The highest BCUT2D eigenvalue weighted by atomic mass is 35.5. The molecule has 4 nitrogen and oxygen atoms in total. The highest BCUT2D eigenvalue weighted by Gasteiger charge is 2.23. The first-order valence-electron chi connectivity index (χ1n) is 6.41. The Morgan fingerprint density at radius 2 is 1.62 bits per heavy atom. The molecule has 21 heavy (non-hydrogen) atoms. The number of rotatable bonds is 5. The van der Waals surface area contributed by atoms with Crippen LogP contribution in [0.2, 0.25) is 5.02 Å². The molecule has 2 rings (SSSR count). The van der Waals surface area contributed by atoms with E-state index in [4.69, 9.17) is 11.6 Å². The number of sulfonamides is 1. The van der Waals surface area contributed by atoms with E-state index in [1.807, 2.05) is 0 Å². The van der Waals surface area contributed by atoms with E-state index < -0.39 is 22.2 Å². The number of aliphatic hydroxyl groups is 1. The predicted molar refractivity (Wildman–Crippen MR) is 82.6 cm³/mol. The predicted octanol–water partition coefficient (Wildman–Crippen LogP) is 2.74. The molecule has 0 amide bonds. The van der Waals surface area contributed by atoms with Crippen LogP contribution in [0.25, 0.3) is 0 Å². The molecule has 0 aliphatic rings. The number of hydrogen-bond donors (Lipinski definition) is 2. The van der Waals surface area contributed by atoms with Crippen LogP contribution in [0.4, 0.5) is 0 Å². The van der Waals surface area contributed by atoms with Gasteiger partial charge in [0.05, 0.1) is 11.0 Å². The van der Waals surface area contributed by atoms with Crippen LogP contribution in [0, 0.1) is 0 Å². The van der Waals surface area contributed by atoms with Crippen LogP contribution in [-0.2, 0) is 10.0 Å². The second kappa shape index (κ2) is 6.58. The average molecular weight is 326 g/mol. The molecule has 2 aromatic rings. The van der Waals surface area contributed by atoms with Crippen LogP contribution < -0.4 is 4.72 Å². The van der Waals surface area contributed by atoms with Crippen LogP contribution >= 0.6 is 11.6 Å². The molecule has 0 heterocycles. The lowest BCUT2D eigenvalue weighted by atomic mass is 10.0. The van der Waals surface area contributed by atoms with Gasteiger partial charge >= 0.3 is 0 Å². The summed E-state index contributed by atoms with van der Waals surface area (Å²) in [6.45, 7) is 1.61. The summed E-state index contributed by atoms with van der Waals surface area (Å²) in [5, 5.41) is 10.8. The van der Waals surface area contributed by atoms with Gasteiger partial charge in [-0.15, -0.1) is 0 Å². The standard InChI is InChI=1S/C15H16ClNO3S/c1-11(15(18)12-7-9-13(16)10-8-12)17-21(19,20)14-5-3-2-4-6-14/h2-11,15,17-18H,1H3/t11-,15-/m1/s1. The normalized spacial score (nSPS) is 14.6. The summed E-state index contributed by atoms with van der Waals surface area (Å²) in [6.07, 6.45) is -0.958. The summed E-state index contributed by atoms with van der Waals surface area (Å²) < 4.78 is 26.9. The molecule has 2 N–H and O–H groups in total. The van der Waals surface area contributed by atoms with E-state index in [9.17, 15) is 13.5 Å². The number of benzene rings is 2. The molecule has 0 aliphatic carbocycles. The molecule has 0 fully saturated rings. The van der Waals surface area contributed by atoms with Gasteiger partial charge in [0.25, 0.3) is 0 Å². The third kappa shape index (κ3) is 4.04. The number of aliphatic hydroxyl groups excluding tert-OH is 1.